The van der Waals surface area contributed by atoms with Crippen molar-refractivity contribution in [1.29, 1.82) is 0 Å². The minimum absolute atomic E-state index is 0.0424. The summed E-state index contributed by atoms with van der Waals surface area (Å²) in [5.74, 6) is 0.102. The fourth-order valence-corrected chi connectivity index (χ4v) is 3.20. The van der Waals surface area contributed by atoms with Crippen LogP contribution in [0.25, 0.3) is 0 Å². The summed E-state index contributed by atoms with van der Waals surface area (Å²) in [6, 6.07) is 5.71. The maximum Gasteiger partial charge on any atom is 0.254 e. The van der Waals surface area contributed by atoms with Crippen LogP contribution in [-0.2, 0) is 11.2 Å². The summed E-state index contributed by atoms with van der Waals surface area (Å²) in [6.07, 6.45) is 4.36. The summed E-state index contributed by atoms with van der Waals surface area (Å²) in [6.45, 7) is 1.31. The topological polar surface area (TPSA) is 75.4 Å². The van der Waals surface area contributed by atoms with Gasteiger partial charge in [0, 0.05) is 36.8 Å². The molecule has 1 atom stereocenters. The molecule has 0 aliphatic carbocycles. The molecule has 2 heterocycles. The smallest absolute Gasteiger partial charge is 0.254 e. The second-order valence-corrected chi connectivity index (χ2v) is 5.80. The van der Waals surface area contributed by atoms with Crippen LogP contribution >= 0.6 is 0 Å². The number of anilines is 1. The van der Waals surface area contributed by atoms with Crippen molar-refractivity contribution < 1.29 is 9.59 Å². The van der Waals surface area contributed by atoms with Gasteiger partial charge in [-0.1, -0.05) is 0 Å². The van der Waals surface area contributed by atoms with E-state index in [4.69, 9.17) is 5.73 Å². The molecule has 2 aliphatic heterocycles. The van der Waals surface area contributed by atoms with E-state index in [9.17, 15) is 9.59 Å². The first-order chi connectivity index (χ1) is 10.2. The molecule has 0 spiro atoms. The highest BCUT2D eigenvalue weighted by atomic mass is 16.2. The summed E-state index contributed by atoms with van der Waals surface area (Å²) in [5.41, 5.74) is 8.37. The minimum atomic E-state index is 0.0424. The van der Waals surface area contributed by atoms with Crippen LogP contribution in [0.3, 0.4) is 0 Å². The Morgan fingerprint density at radius 3 is 3.00 bits per heavy atom. The maximum absolute atomic E-state index is 12.7. The average Bonchev–Trinajstić information content (AvgIpc) is 2.53. The molecular weight excluding hydrogens is 266 g/mol. The molecule has 1 aromatic carbocycles. The van der Waals surface area contributed by atoms with Crippen molar-refractivity contribution in [2.75, 3.05) is 18.4 Å². The normalized spacial score (nSPS) is 21.7. The van der Waals surface area contributed by atoms with E-state index in [1.54, 1.807) is 6.07 Å². The number of carbonyl (C=O) groups is 2. The zero-order valence-corrected chi connectivity index (χ0v) is 12.1. The fraction of sp³-hybridized carbons (Fsp3) is 0.500. The molecule has 3 rings (SSSR count). The Labute approximate surface area is 124 Å². The van der Waals surface area contributed by atoms with Gasteiger partial charge in [-0.3, -0.25) is 9.59 Å². The van der Waals surface area contributed by atoms with Gasteiger partial charge in [0.1, 0.15) is 0 Å². The standard InChI is InChI=1S/C16H21N3O2/c17-10-13-3-1-2-8-19(13)16(21)12-4-6-14-11(9-12)5-7-15(20)18-14/h4,6,9,13H,1-3,5,7-8,10,17H2,(H,18,20). The van der Waals surface area contributed by atoms with Gasteiger partial charge < -0.3 is 16.0 Å². The molecule has 0 aromatic heterocycles. The van der Waals surface area contributed by atoms with Crippen molar-refractivity contribution in [1.82, 2.24) is 4.90 Å². The first kappa shape index (κ1) is 14.1. The number of likely N-dealkylation sites (tertiary alicyclic amines) is 1. The number of carbonyl (C=O) groups excluding carboxylic acids is 2. The molecule has 5 nitrogen and oxygen atoms in total. The Balaban J connectivity index is 1.83. The zero-order chi connectivity index (χ0) is 14.8. The van der Waals surface area contributed by atoms with E-state index in [2.05, 4.69) is 5.32 Å². The molecule has 1 fully saturated rings. The van der Waals surface area contributed by atoms with E-state index >= 15 is 0 Å². The van der Waals surface area contributed by atoms with Gasteiger partial charge >= 0.3 is 0 Å². The number of hydrogen-bond donors (Lipinski definition) is 2. The van der Waals surface area contributed by atoms with Crippen molar-refractivity contribution in [3.05, 3.63) is 29.3 Å². The molecule has 5 heteroatoms. The number of hydrogen-bond acceptors (Lipinski definition) is 3. The Kier molecular flexibility index (Phi) is 3.92. The van der Waals surface area contributed by atoms with Gasteiger partial charge in [-0.2, -0.15) is 0 Å². The van der Waals surface area contributed by atoms with Crippen molar-refractivity contribution in [2.24, 2.45) is 5.73 Å². The van der Waals surface area contributed by atoms with Gasteiger partial charge in [-0.25, -0.2) is 0 Å². The number of fused-ring (bicyclic) bond motifs is 1. The monoisotopic (exact) mass is 287 g/mol. The summed E-state index contributed by atoms with van der Waals surface area (Å²) in [7, 11) is 0. The Bertz CT molecular complexity index is 571. The van der Waals surface area contributed by atoms with Crippen molar-refractivity contribution in [2.45, 2.75) is 38.1 Å². The summed E-state index contributed by atoms with van der Waals surface area (Å²) in [4.78, 5) is 26.0. The molecule has 112 valence electrons. The third-order valence-electron chi connectivity index (χ3n) is 4.41. The van der Waals surface area contributed by atoms with Crippen LogP contribution in [0, 0.1) is 0 Å². The van der Waals surface area contributed by atoms with Gasteiger partial charge in [0.05, 0.1) is 0 Å². The third kappa shape index (κ3) is 2.78. The van der Waals surface area contributed by atoms with E-state index in [0.29, 0.717) is 24.9 Å². The average molecular weight is 287 g/mol. The van der Waals surface area contributed by atoms with Crippen molar-refractivity contribution in [3.8, 4) is 0 Å². The Hall–Kier alpha value is -1.88. The van der Waals surface area contributed by atoms with Crippen LogP contribution in [0.2, 0.25) is 0 Å². The highest BCUT2D eigenvalue weighted by molar-refractivity contribution is 5.98. The van der Waals surface area contributed by atoms with Gasteiger partial charge in [-0.15, -0.1) is 0 Å². The molecule has 2 amide bonds. The summed E-state index contributed by atoms with van der Waals surface area (Å²) >= 11 is 0. The quantitative estimate of drug-likeness (QED) is 0.866. The molecule has 0 radical (unpaired) electrons. The highest BCUT2D eigenvalue weighted by Gasteiger charge is 2.27. The lowest BCUT2D eigenvalue weighted by Crippen LogP contribution is -2.47. The number of piperidine rings is 1. The molecule has 2 aliphatic rings. The number of nitrogens with two attached hydrogens (primary N) is 1. The third-order valence-corrected chi connectivity index (χ3v) is 4.41. The van der Waals surface area contributed by atoms with E-state index in [0.717, 1.165) is 37.1 Å². The van der Waals surface area contributed by atoms with Crippen LogP contribution in [0.5, 0.6) is 0 Å². The number of nitrogens with zero attached hydrogens (tertiary/aromatic N) is 1. The lowest BCUT2D eigenvalue weighted by Gasteiger charge is -2.35. The van der Waals surface area contributed by atoms with Gasteiger partial charge in [0.15, 0.2) is 0 Å². The number of rotatable bonds is 2. The molecule has 3 N–H and O–H groups in total. The minimum Gasteiger partial charge on any atom is -0.334 e. The van der Waals surface area contributed by atoms with Crippen molar-refractivity contribution in [3.63, 3.8) is 0 Å². The largest absolute Gasteiger partial charge is 0.334 e. The number of amides is 2. The van der Waals surface area contributed by atoms with Crippen LogP contribution in [0.1, 0.15) is 41.6 Å². The molecular formula is C16H21N3O2. The SMILES string of the molecule is NCC1CCCCN1C(=O)c1ccc2c(c1)CCC(=O)N2. The number of benzene rings is 1. The van der Waals surface area contributed by atoms with E-state index in [-0.39, 0.29) is 17.9 Å². The Morgan fingerprint density at radius 1 is 1.33 bits per heavy atom. The predicted octanol–water partition coefficient (Wildman–Crippen LogP) is 1.52. The van der Waals surface area contributed by atoms with Gasteiger partial charge in [-0.05, 0) is 49.4 Å². The molecule has 0 bridgehead atoms. The predicted molar refractivity (Wildman–Crippen MR) is 81.1 cm³/mol. The highest BCUT2D eigenvalue weighted by Crippen LogP contribution is 2.25. The summed E-state index contributed by atoms with van der Waals surface area (Å²) < 4.78 is 0. The molecule has 1 unspecified atom stereocenters. The molecule has 0 saturated carbocycles. The number of nitrogens with one attached hydrogen (secondary N) is 1. The lowest BCUT2D eigenvalue weighted by atomic mass is 9.97. The van der Waals surface area contributed by atoms with Crippen LogP contribution in [0.4, 0.5) is 5.69 Å². The van der Waals surface area contributed by atoms with Gasteiger partial charge in [0.2, 0.25) is 5.91 Å². The fourth-order valence-electron chi connectivity index (χ4n) is 3.20. The summed E-state index contributed by atoms with van der Waals surface area (Å²) in [5, 5.41) is 2.84. The first-order valence-electron chi connectivity index (χ1n) is 7.63. The van der Waals surface area contributed by atoms with Crippen LogP contribution in [-0.4, -0.2) is 35.8 Å². The second-order valence-electron chi connectivity index (χ2n) is 5.80. The lowest BCUT2D eigenvalue weighted by molar-refractivity contribution is -0.116. The van der Waals surface area contributed by atoms with Gasteiger partial charge in [0.25, 0.3) is 5.91 Å². The first-order valence-corrected chi connectivity index (χ1v) is 7.63. The maximum atomic E-state index is 12.7. The Morgan fingerprint density at radius 2 is 2.19 bits per heavy atom. The molecule has 1 saturated heterocycles. The second kappa shape index (κ2) is 5.85. The van der Waals surface area contributed by atoms with Crippen molar-refractivity contribution >= 4 is 17.5 Å². The zero-order valence-electron chi connectivity index (χ0n) is 12.1. The molecule has 21 heavy (non-hydrogen) atoms. The van der Waals surface area contributed by atoms with E-state index < -0.39 is 0 Å². The van der Waals surface area contributed by atoms with Crippen LogP contribution < -0.4 is 11.1 Å². The van der Waals surface area contributed by atoms with Crippen LogP contribution in [0.15, 0.2) is 18.2 Å². The van der Waals surface area contributed by atoms with E-state index in [1.807, 2.05) is 17.0 Å². The van der Waals surface area contributed by atoms with E-state index in [1.165, 1.54) is 0 Å². The number of aryl methyl sites for hydroxylation is 1. The molecule has 1 aromatic rings.